The first kappa shape index (κ1) is 12.1. The fourth-order valence-electron chi connectivity index (χ4n) is 1.35. The van der Waals surface area contributed by atoms with E-state index in [2.05, 4.69) is 9.94 Å². The molecule has 1 heterocycles. The van der Waals surface area contributed by atoms with Gasteiger partial charge in [-0.2, -0.15) is 4.68 Å². The average Bonchev–Trinajstić information content (AvgIpc) is 2.59. The Labute approximate surface area is 111 Å². The topological polar surface area (TPSA) is 42.1 Å². The smallest absolute Gasteiger partial charge is 0.276 e. The number of aromatic amines is 1. The van der Waals surface area contributed by atoms with Crippen molar-refractivity contribution < 1.29 is 0 Å². The van der Waals surface area contributed by atoms with Crippen LogP contribution in [0.1, 0.15) is 0 Å². The van der Waals surface area contributed by atoms with Crippen molar-refractivity contribution in [1.82, 2.24) is 9.78 Å². The summed E-state index contributed by atoms with van der Waals surface area (Å²) in [5, 5.41) is 3.41. The maximum Gasteiger partial charge on any atom is 0.276 e. The van der Waals surface area contributed by atoms with Gasteiger partial charge in [-0.05, 0) is 12.1 Å². The third kappa shape index (κ3) is 2.18. The standard InChI is InChI=1S/C10H4Cl3N3O/c1-14-8-4-9(17)16(15-8)10-6(12)2-5(11)3-7(10)13/h2-4,15H. The van der Waals surface area contributed by atoms with Crippen molar-refractivity contribution in [2.24, 2.45) is 0 Å². The number of nitrogens with one attached hydrogen (secondary N) is 1. The minimum Gasteiger partial charge on any atom is -0.362 e. The number of rotatable bonds is 1. The molecule has 1 N–H and O–H groups in total. The van der Waals surface area contributed by atoms with Gasteiger partial charge in [-0.3, -0.25) is 4.79 Å². The summed E-state index contributed by atoms with van der Waals surface area (Å²) < 4.78 is 1.11. The molecule has 17 heavy (non-hydrogen) atoms. The van der Waals surface area contributed by atoms with Crippen LogP contribution < -0.4 is 5.56 Å². The van der Waals surface area contributed by atoms with Crippen LogP contribution in [0.4, 0.5) is 5.82 Å². The van der Waals surface area contributed by atoms with E-state index in [0.29, 0.717) is 5.02 Å². The van der Waals surface area contributed by atoms with E-state index in [-0.39, 0.29) is 21.6 Å². The first-order valence-corrected chi connectivity index (χ1v) is 5.51. The van der Waals surface area contributed by atoms with Crippen LogP contribution in [0.2, 0.25) is 15.1 Å². The Hall–Kier alpha value is -1.41. The van der Waals surface area contributed by atoms with Crippen molar-refractivity contribution in [3.63, 3.8) is 0 Å². The van der Waals surface area contributed by atoms with Gasteiger partial charge < -0.3 is 4.85 Å². The molecule has 1 aromatic heterocycles. The Morgan fingerprint density at radius 3 is 2.24 bits per heavy atom. The summed E-state index contributed by atoms with van der Waals surface area (Å²) in [6, 6.07) is 4.10. The molecule has 0 unspecified atom stereocenters. The van der Waals surface area contributed by atoms with Crippen molar-refractivity contribution in [1.29, 1.82) is 0 Å². The normalized spacial score (nSPS) is 10.2. The quantitative estimate of drug-likeness (QED) is 0.799. The Balaban J connectivity index is 2.73. The van der Waals surface area contributed by atoms with Crippen LogP contribution in [-0.2, 0) is 0 Å². The second-order valence-electron chi connectivity index (χ2n) is 3.14. The summed E-state index contributed by atoms with van der Waals surface area (Å²) in [6.07, 6.45) is 0. The largest absolute Gasteiger partial charge is 0.362 e. The summed E-state index contributed by atoms with van der Waals surface area (Å²) in [6.45, 7) is 6.81. The Morgan fingerprint density at radius 1 is 1.18 bits per heavy atom. The van der Waals surface area contributed by atoms with Crippen molar-refractivity contribution in [3.8, 4) is 5.69 Å². The van der Waals surface area contributed by atoms with E-state index >= 15 is 0 Å². The lowest BCUT2D eigenvalue weighted by atomic mass is 10.3. The maximum atomic E-state index is 11.6. The van der Waals surface area contributed by atoms with Crippen LogP contribution in [0.5, 0.6) is 0 Å². The molecule has 2 aromatic rings. The lowest BCUT2D eigenvalue weighted by Gasteiger charge is -2.05. The number of hydrogen-bond donors (Lipinski definition) is 1. The SMILES string of the molecule is [C-]#[N+]c1cc(=O)n(-c2c(Cl)cc(Cl)cc2Cl)[nH]1. The van der Waals surface area contributed by atoms with Crippen LogP contribution in [0.3, 0.4) is 0 Å². The van der Waals surface area contributed by atoms with Gasteiger partial charge >= 0.3 is 0 Å². The summed E-state index contributed by atoms with van der Waals surface area (Å²) in [5.74, 6) is 0.108. The second kappa shape index (κ2) is 4.46. The summed E-state index contributed by atoms with van der Waals surface area (Å²) in [5.41, 5.74) is -0.139. The summed E-state index contributed by atoms with van der Waals surface area (Å²) in [7, 11) is 0. The molecule has 0 saturated carbocycles. The molecule has 0 saturated heterocycles. The van der Waals surface area contributed by atoms with E-state index in [1.54, 1.807) is 0 Å². The molecule has 4 nitrogen and oxygen atoms in total. The minimum absolute atomic E-state index is 0.108. The highest BCUT2D eigenvalue weighted by Gasteiger charge is 2.14. The van der Waals surface area contributed by atoms with Gasteiger partial charge in [-0.25, -0.2) is 5.10 Å². The molecule has 0 radical (unpaired) electrons. The van der Waals surface area contributed by atoms with Gasteiger partial charge in [0.25, 0.3) is 11.4 Å². The molecule has 86 valence electrons. The Bertz CT molecular complexity index is 658. The van der Waals surface area contributed by atoms with Gasteiger partial charge in [0.15, 0.2) is 0 Å². The van der Waals surface area contributed by atoms with Gasteiger partial charge in [0, 0.05) is 11.1 Å². The zero-order valence-electron chi connectivity index (χ0n) is 8.17. The molecule has 0 atom stereocenters. The van der Waals surface area contributed by atoms with Crippen molar-refractivity contribution in [2.45, 2.75) is 0 Å². The van der Waals surface area contributed by atoms with Gasteiger partial charge in [0.05, 0.1) is 10.0 Å². The minimum atomic E-state index is -0.415. The van der Waals surface area contributed by atoms with Gasteiger partial charge in [-0.1, -0.05) is 41.4 Å². The average molecular weight is 289 g/mol. The highest BCUT2D eigenvalue weighted by atomic mass is 35.5. The van der Waals surface area contributed by atoms with E-state index in [0.717, 1.165) is 10.7 Å². The van der Waals surface area contributed by atoms with Crippen LogP contribution in [-0.4, -0.2) is 9.78 Å². The van der Waals surface area contributed by atoms with Crippen LogP contribution in [0.25, 0.3) is 10.5 Å². The first-order chi connectivity index (χ1) is 8.02. The molecule has 2 rings (SSSR count). The maximum absolute atomic E-state index is 11.6. The monoisotopic (exact) mass is 287 g/mol. The molecule has 0 aliphatic heterocycles. The first-order valence-electron chi connectivity index (χ1n) is 4.37. The van der Waals surface area contributed by atoms with E-state index in [1.807, 2.05) is 0 Å². The fourth-order valence-corrected chi connectivity index (χ4v) is 2.34. The molecule has 0 aliphatic carbocycles. The molecule has 0 bridgehead atoms. The number of halogens is 3. The lowest BCUT2D eigenvalue weighted by Crippen LogP contribution is -2.14. The van der Waals surface area contributed by atoms with Gasteiger partial charge in [-0.15, -0.1) is 0 Å². The van der Waals surface area contributed by atoms with Crippen LogP contribution in [0.15, 0.2) is 23.0 Å². The third-order valence-electron chi connectivity index (χ3n) is 2.03. The predicted octanol–water partition coefficient (Wildman–Crippen LogP) is 3.68. The molecular weight excluding hydrogens is 284 g/mol. The molecule has 0 spiro atoms. The Kier molecular flexibility index (Phi) is 3.16. The van der Waals surface area contributed by atoms with Crippen molar-refractivity contribution in [3.05, 3.63) is 55.0 Å². The van der Waals surface area contributed by atoms with Crippen molar-refractivity contribution >= 4 is 40.6 Å². The number of H-pyrrole nitrogens is 1. The molecule has 1 aromatic carbocycles. The number of hydrogen-bond acceptors (Lipinski definition) is 1. The van der Waals surface area contributed by atoms with E-state index < -0.39 is 5.56 Å². The number of nitrogens with zero attached hydrogens (tertiary/aromatic N) is 2. The van der Waals surface area contributed by atoms with Crippen molar-refractivity contribution in [2.75, 3.05) is 0 Å². The van der Waals surface area contributed by atoms with Gasteiger partial charge in [0.1, 0.15) is 5.69 Å². The summed E-state index contributed by atoms with van der Waals surface area (Å²) in [4.78, 5) is 14.7. The third-order valence-corrected chi connectivity index (χ3v) is 2.83. The Morgan fingerprint density at radius 2 is 1.76 bits per heavy atom. The fraction of sp³-hybridized carbons (Fsp3) is 0. The molecule has 7 heteroatoms. The van der Waals surface area contributed by atoms with Crippen LogP contribution >= 0.6 is 34.8 Å². The molecule has 0 fully saturated rings. The second-order valence-corrected chi connectivity index (χ2v) is 4.40. The van der Waals surface area contributed by atoms with Gasteiger partial charge in [0.2, 0.25) is 0 Å². The van der Waals surface area contributed by atoms with E-state index in [1.165, 1.54) is 12.1 Å². The highest BCUT2D eigenvalue weighted by Crippen LogP contribution is 2.31. The predicted molar refractivity (Wildman–Crippen MR) is 67.7 cm³/mol. The van der Waals surface area contributed by atoms with E-state index in [9.17, 15) is 4.79 Å². The molecule has 0 aliphatic rings. The number of aromatic nitrogens is 2. The lowest BCUT2D eigenvalue weighted by molar-refractivity contribution is 0.856. The zero-order chi connectivity index (χ0) is 12.6. The molecular formula is C10H4Cl3N3O. The molecule has 0 amide bonds. The highest BCUT2D eigenvalue weighted by molar-refractivity contribution is 6.40. The van der Waals surface area contributed by atoms with E-state index in [4.69, 9.17) is 41.4 Å². The number of benzene rings is 1. The van der Waals surface area contributed by atoms with Crippen LogP contribution in [0, 0.1) is 6.57 Å². The summed E-state index contributed by atoms with van der Waals surface area (Å²) >= 11 is 17.7. The zero-order valence-corrected chi connectivity index (χ0v) is 10.4.